The first-order valence-corrected chi connectivity index (χ1v) is 9.28. The Kier molecular flexibility index (Phi) is 4.40. The lowest BCUT2D eigenvalue weighted by molar-refractivity contribution is -0.0497. The molecule has 1 aromatic rings. The van der Waals surface area contributed by atoms with E-state index in [0.717, 1.165) is 56.3 Å². The van der Waals surface area contributed by atoms with Gasteiger partial charge in [0.1, 0.15) is 5.75 Å². The second-order valence-electron chi connectivity index (χ2n) is 7.38. The number of fused-ring (bicyclic) bond motifs is 1. The SMILES string of the molecule is OC1(C2CCC(N3CC=Cc4cc(Cl)c(OC(F)F)cc43)CC2)CC1. The van der Waals surface area contributed by atoms with Crippen molar-refractivity contribution in [3.8, 4) is 5.75 Å². The van der Waals surface area contributed by atoms with Gasteiger partial charge in [0, 0.05) is 24.3 Å². The van der Waals surface area contributed by atoms with Gasteiger partial charge in [-0.05, 0) is 56.1 Å². The molecule has 4 rings (SSSR count). The number of nitrogens with zero attached hydrogens (tertiary/aromatic N) is 1. The number of rotatable bonds is 4. The van der Waals surface area contributed by atoms with Gasteiger partial charge in [-0.1, -0.05) is 23.8 Å². The first kappa shape index (κ1) is 17.1. The van der Waals surface area contributed by atoms with Crippen molar-refractivity contribution < 1.29 is 18.6 Å². The fourth-order valence-electron chi connectivity index (χ4n) is 4.33. The molecule has 1 aliphatic heterocycles. The highest BCUT2D eigenvalue weighted by atomic mass is 35.5. The van der Waals surface area contributed by atoms with Gasteiger partial charge in [0.2, 0.25) is 0 Å². The predicted octanol–water partition coefficient (Wildman–Crippen LogP) is 4.86. The van der Waals surface area contributed by atoms with E-state index >= 15 is 0 Å². The van der Waals surface area contributed by atoms with E-state index in [1.165, 1.54) is 0 Å². The minimum Gasteiger partial charge on any atom is -0.433 e. The lowest BCUT2D eigenvalue weighted by Crippen LogP contribution is -2.41. The van der Waals surface area contributed by atoms with Gasteiger partial charge in [-0.3, -0.25) is 0 Å². The molecule has 3 nitrogen and oxygen atoms in total. The summed E-state index contributed by atoms with van der Waals surface area (Å²) in [5.74, 6) is 0.434. The van der Waals surface area contributed by atoms with Crippen LogP contribution in [0.5, 0.6) is 5.75 Å². The molecule has 136 valence electrons. The van der Waals surface area contributed by atoms with E-state index in [1.807, 2.05) is 6.08 Å². The summed E-state index contributed by atoms with van der Waals surface area (Å²) in [5, 5.41) is 10.5. The fourth-order valence-corrected chi connectivity index (χ4v) is 4.54. The number of aliphatic hydroxyl groups is 1. The number of hydrogen-bond acceptors (Lipinski definition) is 3. The summed E-state index contributed by atoms with van der Waals surface area (Å²) < 4.78 is 29.8. The third kappa shape index (κ3) is 3.36. The number of hydrogen-bond donors (Lipinski definition) is 1. The molecule has 25 heavy (non-hydrogen) atoms. The number of ether oxygens (including phenoxy) is 1. The Bertz CT molecular complexity index is 682. The van der Waals surface area contributed by atoms with Crippen LogP contribution in [0.2, 0.25) is 5.02 Å². The van der Waals surface area contributed by atoms with Gasteiger partial charge in [0.05, 0.1) is 10.6 Å². The molecule has 0 saturated heterocycles. The number of benzene rings is 1. The van der Waals surface area contributed by atoms with Crippen molar-refractivity contribution in [1.29, 1.82) is 0 Å². The first-order valence-electron chi connectivity index (χ1n) is 8.90. The van der Waals surface area contributed by atoms with Gasteiger partial charge in [-0.25, -0.2) is 0 Å². The van der Waals surface area contributed by atoms with Crippen molar-refractivity contribution in [3.05, 3.63) is 28.8 Å². The number of halogens is 3. The van der Waals surface area contributed by atoms with E-state index in [0.29, 0.717) is 12.0 Å². The summed E-state index contributed by atoms with van der Waals surface area (Å²) in [6, 6.07) is 3.67. The maximum absolute atomic E-state index is 12.6. The van der Waals surface area contributed by atoms with Crippen LogP contribution in [-0.4, -0.2) is 29.9 Å². The van der Waals surface area contributed by atoms with Crippen LogP contribution >= 0.6 is 11.6 Å². The van der Waals surface area contributed by atoms with Crippen molar-refractivity contribution in [1.82, 2.24) is 0 Å². The third-order valence-electron chi connectivity index (χ3n) is 5.87. The number of anilines is 1. The molecule has 0 amide bonds. The average molecular weight is 370 g/mol. The molecule has 0 bridgehead atoms. The Morgan fingerprint density at radius 3 is 2.56 bits per heavy atom. The molecule has 3 aliphatic rings. The van der Waals surface area contributed by atoms with E-state index < -0.39 is 12.2 Å². The van der Waals surface area contributed by atoms with E-state index in [4.69, 9.17) is 11.6 Å². The molecule has 1 aromatic carbocycles. The molecule has 1 heterocycles. The zero-order valence-electron chi connectivity index (χ0n) is 13.9. The molecule has 0 unspecified atom stereocenters. The predicted molar refractivity (Wildman–Crippen MR) is 94.4 cm³/mol. The molecule has 1 N–H and O–H groups in total. The van der Waals surface area contributed by atoms with E-state index in [1.54, 1.807) is 12.1 Å². The van der Waals surface area contributed by atoms with Crippen LogP contribution in [0, 0.1) is 5.92 Å². The quantitative estimate of drug-likeness (QED) is 0.822. The Morgan fingerprint density at radius 2 is 1.92 bits per heavy atom. The van der Waals surface area contributed by atoms with Crippen LogP contribution in [0.15, 0.2) is 18.2 Å². The van der Waals surface area contributed by atoms with Gasteiger partial charge >= 0.3 is 6.61 Å². The van der Waals surface area contributed by atoms with Crippen molar-refractivity contribution in [3.63, 3.8) is 0 Å². The van der Waals surface area contributed by atoms with Gasteiger partial charge in [0.25, 0.3) is 0 Å². The van der Waals surface area contributed by atoms with Crippen molar-refractivity contribution in [2.45, 2.75) is 56.8 Å². The smallest absolute Gasteiger partial charge is 0.387 e. The van der Waals surface area contributed by atoms with Crippen LogP contribution in [0.3, 0.4) is 0 Å². The fraction of sp³-hybridized carbons (Fsp3) is 0.579. The Hall–Kier alpha value is -1.33. The minimum atomic E-state index is -2.89. The highest BCUT2D eigenvalue weighted by Crippen LogP contribution is 2.49. The maximum atomic E-state index is 12.6. The van der Waals surface area contributed by atoms with Crippen LogP contribution < -0.4 is 9.64 Å². The molecule has 2 fully saturated rings. The van der Waals surface area contributed by atoms with Gasteiger partial charge < -0.3 is 14.7 Å². The van der Waals surface area contributed by atoms with Gasteiger partial charge in [-0.2, -0.15) is 8.78 Å². The standard InChI is InChI=1S/C19H22ClF2NO2/c20-15-10-12-2-1-9-23(16(12)11-17(15)25-18(21)22)14-5-3-13(4-6-14)19(24)7-8-19/h1-2,10-11,13-14,18,24H,3-9H2. The molecule has 2 saturated carbocycles. The largest absolute Gasteiger partial charge is 0.433 e. The summed E-state index contributed by atoms with van der Waals surface area (Å²) in [4.78, 5) is 2.26. The van der Waals surface area contributed by atoms with Crippen LogP contribution in [0.1, 0.15) is 44.1 Å². The normalized spacial score (nSPS) is 27.3. The monoisotopic (exact) mass is 369 g/mol. The maximum Gasteiger partial charge on any atom is 0.387 e. The van der Waals surface area contributed by atoms with E-state index in [9.17, 15) is 13.9 Å². The molecular formula is C19H22ClF2NO2. The Labute approximate surface area is 151 Å². The highest BCUT2D eigenvalue weighted by Gasteiger charge is 2.48. The van der Waals surface area contributed by atoms with E-state index in [-0.39, 0.29) is 10.8 Å². The third-order valence-corrected chi connectivity index (χ3v) is 6.16. The number of alkyl halides is 2. The van der Waals surface area contributed by atoms with Crippen molar-refractivity contribution in [2.75, 3.05) is 11.4 Å². The summed E-state index contributed by atoms with van der Waals surface area (Å²) in [6.07, 6.45) is 9.97. The first-order chi connectivity index (χ1) is 12.0. The lowest BCUT2D eigenvalue weighted by Gasteiger charge is -2.41. The lowest BCUT2D eigenvalue weighted by atomic mass is 9.80. The van der Waals surface area contributed by atoms with E-state index in [2.05, 4.69) is 15.7 Å². The average Bonchev–Trinajstić information content (AvgIpc) is 3.34. The topological polar surface area (TPSA) is 32.7 Å². The summed E-state index contributed by atoms with van der Waals surface area (Å²) >= 11 is 6.08. The zero-order valence-corrected chi connectivity index (χ0v) is 14.7. The van der Waals surface area contributed by atoms with Crippen molar-refractivity contribution >= 4 is 23.4 Å². The highest BCUT2D eigenvalue weighted by molar-refractivity contribution is 6.32. The molecule has 0 atom stereocenters. The molecular weight excluding hydrogens is 348 g/mol. The van der Waals surface area contributed by atoms with Crippen LogP contribution in [0.4, 0.5) is 14.5 Å². The molecule has 2 aliphatic carbocycles. The summed E-state index contributed by atoms with van der Waals surface area (Å²) in [7, 11) is 0. The molecule has 0 spiro atoms. The van der Waals surface area contributed by atoms with Gasteiger partial charge in [-0.15, -0.1) is 0 Å². The van der Waals surface area contributed by atoms with Crippen LogP contribution in [-0.2, 0) is 0 Å². The summed E-state index contributed by atoms with van der Waals surface area (Å²) in [6.45, 7) is -2.14. The zero-order chi connectivity index (χ0) is 17.6. The minimum absolute atomic E-state index is 0.0247. The molecule has 0 radical (unpaired) electrons. The second kappa shape index (κ2) is 6.44. The van der Waals surface area contributed by atoms with Crippen molar-refractivity contribution in [2.24, 2.45) is 5.92 Å². The second-order valence-corrected chi connectivity index (χ2v) is 7.79. The van der Waals surface area contributed by atoms with Crippen LogP contribution in [0.25, 0.3) is 6.08 Å². The molecule has 0 aromatic heterocycles. The molecule has 6 heteroatoms. The Balaban J connectivity index is 1.54. The Morgan fingerprint density at radius 1 is 1.20 bits per heavy atom. The summed E-state index contributed by atoms with van der Waals surface area (Å²) in [5.41, 5.74) is 1.42. The van der Waals surface area contributed by atoms with Gasteiger partial charge in [0.15, 0.2) is 0 Å².